The lowest BCUT2D eigenvalue weighted by Crippen LogP contribution is -2.46. The van der Waals surface area contributed by atoms with Crippen LogP contribution in [0, 0.1) is 11.3 Å². The number of ether oxygens (including phenoxy) is 1. The largest absolute Gasteiger partial charge is 0.377 e. The molecule has 3 heteroatoms. The van der Waals surface area contributed by atoms with Crippen LogP contribution in [0.2, 0.25) is 0 Å². The molecule has 0 amide bonds. The molecule has 0 spiro atoms. The van der Waals surface area contributed by atoms with Crippen LogP contribution < -0.4 is 5.32 Å². The van der Waals surface area contributed by atoms with Gasteiger partial charge in [0.1, 0.15) is 0 Å². The molecule has 2 rings (SSSR count). The van der Waals surface area contributed by atoms with Crippen LogP contribution in [-0.2, 0) is 4.74 Å². The minimum absolute atomic E-state index is 0.347. The summed E-state index contributed by atoms with van der Waals surface area (Å²) in [5.41, 5.74) is 0.502. The molecule has 0 radical (unpaired) electrons. The molecule has 21 heavy (non-hydrogen) atoms. The van der Waals surface area contributed by atoms with Crippen molar-refractivity contribution in [2.45, 2.75) is 71.4 Å². The number of nitrogens with zero attached hydrogens (tertiary/aromatic N) is 1. The highest BCUT2D eigenvalue weighted by atomic mass is 16.5. The summed E-state index contributed by atoms with van der Waals surface area (Å²) in [7, 11) is 2.26. The summed E-state index contributed by atoms with van der Waals surface area (Å²) in [5, 5.41) is 3.80. The number of hydrogen-bond acceptors (Lipinski definition) is 3. The molecule has 0 heterocycles. The third-order valence-corrected chi connectivity index (χ3v) is 5.21. The Labute approximate surface area is 131 Å². The predicted octanol–water partition coefficient (Wildman–Crippen LogP) is 3.29. The van der Waals surface area contributed by atoms with Gasteiger partial charge in [-0.15, -0.1) is 0 Å². The van der Waals surface area contributed by atoms with E-state index in [2.05, 4.69) is 38.0 Å². The Kier molecular flexibility index (Phi) is 6.51. The molecule has 2 saturated carbocycles. The van der Waals surface area contributed by atoms with Crippen molar-refractivity contribution < 1.29 is 4.74 Å². The fourth-order valence-electron chi connectivity index (χ4n) is 3.51. The van der Waals surface area contributed by atoms with Crippen LogP contribution in [0.3, 0.4) is 0 Å². The quantitative estimate of drug-likeness (QED) is 0.706. The average molecular weight is 296 g/mol. The summed E-state index contributed by atoms with van der Waals surface area (Å²) in [5.74, 6) is 0.925. The predicted molar refractivity (Wildman–Crippen MR) is 89.7 cm³/mol. The summed E-state index contributed by atoms with van der Waals surface area (Å²) < 4.78 is 5.70. The smallest absolute Gasteiger partial charge is 0.0596 e. The molecule has 0 aliphatic heterocycles. The zero-order valence-corrected chi connectivity index (χ0v) is 14.7. The van der Waals surface area contributed by atoms with Gasteiger partial charge in [-0.3, -0.25) is 0 Å². The summed E-state index contributed by atoms with van der Waals surface area (Å²) in [6.07, 6.45) is 8.73. The third kappa shape index (κ3) is 6.25. The molecule has 1 N–H and O–H groups in total. The van der Waals surface area contributed by atoms with E-state index in [1.807, 2.05) is 0 Å². The van der Waals surface area contributed by atoms with Gasteiger partial charge in [-0.25, -0.2) is 0 Å². The first-order chi connectivity index (χ1) is 9.99. The Morgan fingerprint density at radius 3 is 2.43 bits per heavy atom. The first-order valence-electron chi connectivity index (χ1n) is 9.03. The fraction of sp³-hybridized carbons (Fsp3) is 1.00. The molecule has 0 unspecified atom stereocenters. The molecular weight excluding hydrogens is 260 g/mol. The molecule has 0 bridgehead atoms. The molecule has 2 aliphatic carbocycles. The highest BCUT2D eigenvalue weighted by Gasteiger charge is 2.36. The monoisotopic (exact) mass is 296 g/mol. The van der Waals surface area contributed by atoms with Crippen molar-refractivity contribution >= 4 is 0 Å². The maximum Gasteiger partial charge on any atom is 0.0596 e. The van der Waals surface area contributed by atoms with Gasteiger partial charge < -0.3 is 15.0 Å². The molecule has 2 aliphatic rings. The molecule has 124 valence electrons. The van der Waals surface area contributed by atoms with E-state index in [0.717, 1.165) is 25.1 Å². The van der Waals surface area contributed by atoms with Crippen molar-refractivity contribution in [3.63, 3.8) is 0 Å². The second-order valence-electron chi connectivity index (χ2n) is 8.00. The molecule has 0 aromatic carbocycles. The van der Waals surface area contributed by atoms with E-state index in [-0.39, 0.29) is 0 Å². The van der Waals surface area contributed by atoms with E-state index in [9.17, 15) is 0 Å². The molecule has 0 atom stereocenters. The van der Waals surface area contributed by atoms with Crippen molar-refractivity contribution in [3.05, 3.63) is 0 Å². The first kappa shape index (κ1) is 17.2. The van der Waals surface area contributed by atoms with E-state index in [1.54, 1.807) is 0 Å². The van der Waals surface area contributed by atoms with Crippen molar-refractivity contribution in [2.75, 3.05) is 33.3 Å². The van der Waals surface area contributed by atoms with Crippen molar-refractivity contribution in [2.24, 2.45) is 11.3 Å². The van der Waals surface area contributed by atoms with Crippen molar-refractivity contribution in [3.8, 4) is 0 Å². The summed E-state index contributed by atoms with van der Waals surface area (Å²) in [6, 6.07) is 0.829. The lowest BCUT2D eigenvalue weighted by molar-refractivity contribution is 0.0441. The lowest BCUT2D eigenvalue weighted by atomic mass is 9.70. The Bertz CT molecular complexity index is 294. The third-order valence-electron chi connectivity index (χ3n) is 5.21. The Hall–Kier alpha value is -0.120. The second-order valence-corrected chi connectivity index (χ2v) is 8.00. The van der Waals surface area contributed by atoms with Gasteiger partial charge in [0.2, 0.25) is 0 Å². The Morgan fingerprint density at radius 2 is 1.86 bits per heavy atom. The number of likely N-dealkylation sites (N-methyl/N-ethyl adjacent to an activating group) is 1. The van der Waals surface area contributed by atoms with Gasteiger partial charge >= 0.3 is 0 Å². The highest BCUT2D eigenvalue weighted by Crippen LogP contribution is 2.39. The zero-order valence-electron chi connectivity index (χ0n) is 14.7. The molecule has 2 fully saturated rings. The summed E-state index contributed by atoms with van der Waals surface area (Å²) in [6.45, 7) is 11.0. The van der Waals surface area contributed by atoms with Crippen molar-refractivity contribution in [1.82, 2.24) is 10.2 Å². The van der Waals surface area contributed by atoms with Crippen molar-refractivity contribution in [1.29, 1.82) is 0 Å². The Balaban J connectivity index is 1.79. The average Bonchev–Trinajstić information content (AvgIpc) is 3.24. The molecule has 3 nitrogen and oxygen atoms in total. The van der Waals surface area contributed by atoms with Crippen LogP contribution in [-0.4, -0.2) is 50.3 Å². The van der Waals surface area contributed by atoms with Gasteiger partial charge in [-0.2, -0.15) is 0 Å². The zero-order chi connectivity index (χ0) is 15.3. The maximum absolute atomic E-state index is 5.70. The molecule has 0 aromatic heterocycles. The van der Waals surface area contributed by atoms with E-state index in [0.29, 0.717) is 11.5 Å². The standard InChI is InChI=1S/C18H36N2O/c1-15(2)21-12-11-20(4)14-18(13-19-17-5-6-17)9-7-16(3)8-10-18/h15-17,19H,5-14H2,1-4H3. The molecular formula is C18H36N2O. The Morgan fingerprint density at radius 1 is 1.19 bits per heavy atom. The van der Waals surface area contributed by atoms with Gasteiger partial charge in [-0.05, 0) is 57.9 Å². The van der Waals surface area contributed by atoms with E-state index < -0.39 is 0 Å². The van der Waals surface area contributed by atoms with Crippen LogP contribution in [0.25, 0.3) is 0 Å². The van der Waals surface area contributed by atoms with Crippen LogP contribution in [0.5, 0.6) is 0 Å². The van der Waals surface area contributed by atoms with Crippen LogP contribution in [0.4, 0.5) is 0 Å². The lowest BCUT2D eigenvalue weighted by Gasteiger charge is -2.42. The van der Waals surface area contributed by atoms with Gasteiger partial charge in [-0.1, -0.05) is 19.8 Å². The topological polar surface area (TPSA) is 24.5 Å². The minimum Gasteiger partial charge on any atom is -0.377 e. The van der Waals surface area contributed by atoms with Gasteiger partial charge in [0.15, 0.2) is 0 Å². The summed E-state index contributed by atoms with van der Waals surface area (Å²) >= 11 is 0. The number of nitrogens with one attached hydrogen (secondary N) is 1. The van der Waals surface area contributed by atoms with Gasteiger partial charge in [0.05, 0.1) is 12.7 Å². The molecule has 0 aromatic rings. The first-order valence-corrected chi connectivity index (χ1v) is 9.03. The SMILES string of the molecule is CC1CCC(CNC2CC2)(CN(C)CCOC(C)C)CC1. The van der Waals surface area contributed by atoms with E-state index in [1.165, 1.54) is 51.6 Å². The normalized spacial score (nSPS) is 30.3. The van der Waals surface area contributed by atoms with Crippen LogP contribution >= 0.6 is 0 Å². The minimum atomic E-state index is 0.347. The van der Waals surface area contributed by atoms with Crippen LogP contribution in [0.1, 0.15) is 59.3 Å². The summed E-state index contributed by atoms with van der Waals surface area (Å²) in [4.78, 5) is 2.49. The van der Waals surface area contributed by atoms with E-state index >= 15 is 0 Å². The van der Waals surface area contributed by atoms with Gasteiger partial charge in [0, 0.05) is 25.7 Å². The highest BCUT2D eigenvalue weighted by molar-refractivity contribution is 4.92. The van der Waals surface area contributed by atoms with Crippen LogP contribution in [0.15, 0.2) is 0 Å². The molecule has 0 saturated heterocycles. The van der Waals surface area contributed by atoms with Gasteiger partial charge in [0.25, 0.3) is 0 Å². The maximum atomic E-state index is 5.70. The van der Waals surface area contributed by atoms with E-state index in [4.69, 9.17) is 4.74 Å². The number of hydrogen-bond donors (Lipinski definition) is 1. The number of rotatable bonds is 9. The fourth-order valence-corrected chi connectivity index (χ4v) is 3.51. The second kappa shape index (κ2) is 7.94.